The van der Waals surface area contributed by atoms with Crippen LogP contribution in [-0.4, -0.2) is 37.6 Å². The monoisotopic (exact) mass is 262 g/mol. The van der Waals surface area contributed by atoms with Crippen LogP contribution in [0.15, 0.2) is 12.4 Å². The highest BCUT2D eigenvalue weighted by atomic mass is 16.1. The number of amides is 1. The maximum atomic E-state index is 11.7. The number of rotatable bonds is 6. The summed E-state index contributed by atoms with van der Waals surface area (Å²) < 4.78 is 1.68. The Labute approximate surface area is 111 Å². The average Bonchev–Trinajstić information content (AvgIpc) is 3.00. The second kappa shape index (κ2) is 6.12. The SMILES string of the molecule is Cc1[nH]nc(CCC(=O)NCCn2ccnn2)c1C. The number of H-pyrrole nitrogens is 1. The fourth-order valence-corrected chi connectivity index (χ4v) is 1.76. The number of nitrogens with one attached hydrogen (secondary N) is 2. The molecular formula is C12H18N6O. The summed E-state index contributed by atoms with van der Waals surface area (Å²) in [6.07, 6.45) is 4.49. The van der Waals surface area contributed by atoms with E-state index in [4.69, 9.17) is 0 Å². The molecule has 7 heteroatoms. The van der Waals surface area contributed by atoms with Gasteiger partial charge in [-0.25, -0.2) is 0 Å². The molecule has 1 amide bonds. The molecule has 102 valence electrons. The van der Waals surface area contributed by atoms with Gasteiger partial charge in [-0.1, -0.05) is 5.21 Å². The van der Waals surface area contributed by atoms with Crippen LogP contribution in [0, 0.1) is 13.8 Å². The summed E-state index contributed by atoms with van der Waals surface area (Å²) in [5.41, 5.74) is 3.15. The van der Waals surface area contributed by atoms with Crippen molar-refractivity contribution < 1.29 is 4.79 Å². The molecule has 0 saturated carbocycles. The molecule has 0 spiro atoms. The summed E-state index contributed by atoms with van der Waals surface area (Å²) in [6, 6.07) is 0. The van der Waals surface area contributed by atoms with E-state index in [2.05, 4.69) is 25.8 Å². The van der Waals surface area contributed by atoms with Crippen molar-refractivity contribution in [3.63, 3.8) is 0 Å². The first-order valence-electron chi connectivity index (χ1n) is 6.28. The lowest BCUT2D eigenvalue weighted by atomic mass is 10.1. The van der Waals surface area contributed by atoms with Crippen molar-refractivity contribution in [2.24, 2.45) is 0 Å². The molecule has 0 radical (unpaired) electrons. The number of aromatic amines is 1. The Morgan fingerprint density at radius 1 is 1.47 bits per heavy atom. The number of nitrogens with zero attached hydrogens (tertiary/aromatic N) is 4. The minimum absolute atomic E-state index is 0.0279. The summed E-state index contributed by atoms with van der Waals surface area (Å²) in [5.74, 6) is 0.0279. The standard InChI is InChI=1S/C12H18N6O/c1-9-10(2)15-16-11(9)3-4-12(19)13-5-7-18-8-6-14-17-18/h6,8H,3-5,7H2,1-2H3,(H,13,19)(H,15,16). The van der Waals surface area contributed by atoms with Crippen LogP contribution in [-0.2, 0) is 17.8 Å². The third kappa shape index (κ3) is 3.64. The molecule has 0 atom stereocenters. The predicted molar refractivity (Wildman–Crippen MR) is 69.4 cm³/mol. The lowest BCUT2D eigenvalue weighted by Crippen LogP contribution is -2.27. The van der Waals surface area contributed by atoms with Crippen molar-refractivity contribution in [1.29, 1.82) is 0 Å². The van der Waals surface area contributed by atoms with Gasteiger partial charge in [-0.2, -0.15) is 5.10 Å². The highest BCUT2D eigenvalue weighted by Gasteiger charge is 2.08. The summed E-state index contributed by atoms with van der Waals surface area (Å²) >= 11 is 0. The molecule has 7 nitrogen and oxygen atoms in total. The van der Waals surface area contributed by atoms with Crippen molar-refractivity contribution in [3.8, 4) is 0 Å². The van der Waals surface area contributed by atoms with Gasteiger partial charge in [-0.15, -0.1) is 5.10 Å². The van der Waals surface area contributed by atoms with Crippen LogP contribution in [0.2, 0.25) is 0 Å². The number of carbonyl (C=O) groups is 1. The van der Waals surface area contributed by atoms with Gasteiger partial charge >= 0.3 is 0 Å². The fourth-order valence-electron chi connectivity index (χ4n) is 1.76. The van der Waals surface area contributed by atoms with E-state index in [1.54, 1.807) is 17.1 Å². The van der Waals surface area contributed by atoms with Crippen molar-refractivity contribution in [3.05, 3.63) is 29.3 Å². The molecule has 2 N–H and O–H groups in total. The summed E-state index contributed by atoms with van der Waals surface area (Å²) in [4.78, 5) is 11.7. The Morgan fingerprint density at radius 2 is 2.32 bits per heavy atom. The van der Waals surface area contributed by atoms with Gasteiger partial charge in [0.05, 0.1) is 18.4 Å². The van der Waals surface area contributed by atoms with E-state index in [0.717, 1.165) is 17.0 Å². The molecule has 0 aliphatic carbocycles. The molecule has 0 unspecified atom stereocenters. The largest absolute Gasteiger partial charge is 0.354 e. The maximum Gasteiger partial charge on any atom is 0.220 e. The molecule has 19 heavy (non-hydrogen) atoms. The molecular weight excluding hydrogens is 244 g/mol. The van der Waals surface area contributed by atoms with Crippen molar-refractivity contribution in [2.75, 3.05) is 6.54 Å². The van der Waals surface area contributed by atoms with Gasteiger partial charge < -0.3 is 5.32 Å². The smallest absolute Gasteiger partial charge is 0.220 e. The van der Waals surface area contributed by atoms with E-state index in [9.17, 15) is 4.79 Å². The minimum atomic E-state index is 0.0279. The lowest BCUT2D eigenvalue weighted by molar-refractivity contribution is -0.121. The zero-order valence-corrected chi connectivity index (χ0v) is 11.2. The van der Waals surface area contributed by atoms with E-state index in [1.165, 1.54) is 0 Å². The van der Waals surface area contributed by atoms with Gasteiger partial charge in [-0.3, -0.25) is 14.6 Å². The third-order valence-corrected chi connectivity index (χ3v) is 3.08. The summed E-state index contributed by atoms with van der Waals surface area (Å²) in [6.45, 7) is 5.17. The van der Waals surface area contributed by atoms with Crippen molar-refractivity contribution in [1.82, 2.24) is 30.5 Å². The first-order chi connectivity index (χ1) is 9.16. The van der Waals surface area contributed by atoms with Crippen LogP contribution >= 0.6 is 0 Å². The zero-order chi connectivity index (χ0) is 13.7. The average molecular weight is 262 g/mol. The van der Waals surface area contributed by atoms with Gasteiger partial charge in [0, 0.05) is 31.3 Å². The van der Waals surface area contributed by atoms with Crippen LogP contribution in [0.25, 0.3) is 0 Å². The zero-order valence-electron chi connectivity index (χ0n) is 11.2. The number of aryl methyl sites for hydroxylation is 2. The molecule has 0 bridgehead atoms. The van der Waals surface area contributed by atoms with Gasteiger partial charge in [0.2, 0.25) is 5.91 Å². The molecule has 2 aromatic rings. The lowest BCUT2D eigenvalue weighted by Gasteiger charge is -2.04. The second-order valence-corrected chi connectivity index (χ2v) is 4.44. The van der Waals surface area contributed by atoms with E-state index >= 15 is 0 Å². The van der Waals surface area contributed by atoms with Gasteiger partial charge in [0.1, 0.15) is 0 Å². The Kier molecular flexibility index (Phi) is 4.27. The van der Waals surface area contributed by atoms with Crippen LogP contribution < -0.4 is 5.32 Å². The highest BCUT2D eigenvalue weighted by Crippen LogP contribution is 2.10. The molecule has 0 saturated heterocycles. The van der Waals surface area contributed by atoms with Gasteiger partial charge in [0.15, 0.2) is 0 Å². The maximum absolute atomic E-state index is 11.7. The quantitative estimate of drug-likeness (QED) is 0.787. The second-order valence-electron chi connectivity index (χ2n) is 4.44. The van der Waals surface area contributed by atoms with Crippen molar-refractivity contribution in [2.45, 2.75) is 33.2 Å². The molecule has 2 rings (SSSR count). The van der Waals surface area contributed by atoms with Gasteiger partial charge in [-0.05, 0) is 19.4 Å². The number of aromatic nitrogens is 5. The van der Waals surface area contributed by atoms with Crippen LogP contribution in [0.5, 0.6) is 0 Å². The first kappa shape index (κ1) is 13.3. The van der Waals surface area contributed by atoms with E-state index in [-0.39, 0.29) is 5.91 Å². The first-order valence-corrected chi connectivity index (χ1v) is 6.28. The van der Waals surface area contributed by atoms with Crippen LogP contribution in [0.1, 0.15) is 23.4 Å². The van der Waals surface area contributed by atoms with Crippen molar-refractivity contribution >= 4 is 5.91 Å². The molecule has 0 aliphatic rings. The molecule has 2 heterocycles. The molecule has 0 aromatic carbocycles. The van der Waals surface area contributed by atoms with Crippen LogP contribution in [0.3, 0.4) is 0 Å². The number of hydrogen-bond acceptors (Lipinski definition) is 4. The number of carbonyl (C=O) groups excluding carboxylic acids is 1. The van der Waals surface area contributed by atoms with E-state index in [0.29, 0.717) is 25.9 Å². The van der Waals surface area contributed by atoms with E-state index in [1.807, 2.05) is 13.8 Å². The normalized spacial score (nSPS) is 10.6. The topological polar surface area (TPSA) is 88.5 Å². The highest BCUT2D eigenvalue weighted by molar-refractivity contribution is 5.76. The number of hydrogen-bond donors (Lipinski definition) is 2. The van der Waals surface area contributed by atoms with E-state index < -0.39 is 0 Å². The predicted octanol–water partition coefficient (Wildman–Crippen LogP) is 0.367. The minimum Gasteiger partial charge on any atom is -0.354 e. The fraction of sp³-hybridized carbons (Fsp3) is 0.500. The summed E-state index contributed by atoms with van der Waals surface area (Å²) in [7, 11) is 0. The molecule has 0 aliphatic heterocycles. The van der Waals surface area contributed by atoms with Gasteiger partial charge in [0.25, 0.3) is 0 Å². The third-order valence-electron chi connectivity index (χ3n) is 3.08. The Bertz CT molecular complexity index is 530. The Balaban J connectivity index is 1.68. The molecule has 0 fully saturated rings. The molecule has 2 aromatic heterocycles. The Morgan fingerprint density at radius 3 is 2.95 bits per heavy atom. The van der Waals surface area contributed by atoms with Crippen LogP contribution in [0.4, 0.5) is 0 Å². The summed E-state index contributed by atoms with van der Waals surface area (Å²) in [5, 5.41) is 17.5. The Hall–Kier alpha value is -2.18.